The van der Waals surface area contributed by atoms with Crippen molar-refractivity contribution in [2.24, 2.45) is 0 Å². The molecule has 0 amide bonds. The minimum Gasteiger partial charge on any atom is -0.325 e. The fourth-order valence-electron chi connectivity index (χ4n) is 0. The molecule has 0 aliphatic heterocycles. The smallest absolute Gasteiger partial charge is 0.322 e. The Kier molecular flexibility index (Phi) is 16.4. The molecule has 0 aromatic heterocycles. The van der Waals surface area contributed by atoms with Crippen molar-refractivity contribution >= 4 is 7.60 Å². The first-order chi connectivity index (χ1) is 2.00. The Morgan fingerprint density at radius 2 is 1.29 bits per heavy atom. The maximum Gasteiger partial charge on any atom is 0.322 e. The van der Waals surface area contributed by atoms with Gasteiger partial charge in [0.15, 0.2) is 0 Å². The van der Waals surface area contributed by atoms with E-state index in [0.29, 0.717) is 0 Å². The molecule has 0 aliphatic carbocycles. The van der Waals surface area contributed by atoms with Gasteiger partial charge in [-0.25, -0.2) is 0 Å². The molecule has 0 aromatic carbocycles. The summed E-state index contributed by atoms with van der Waals surface area (Å²) in [4.78, 5) is 15.3. The molecule has 0 bridgehead atoms. The van der Waals surface area contributed by atoms with Crippen molar-refractivity contribution < 1.29 is 96.9 Å². The second-order valence-electron chi connectivity index (χ2n) is 0.835. The molecule has 7 heavy (non-hydrogen) atoms. The summed E-state index contributed by atoms with van der Waals surface area (Å²) < 4.78 is 9.33. The van der Waals surface area contributed by atoms with E-state index in [2.05, 4.69) is 0 Å². The summed E-state index contributed by atoms with van der Waals surface area (Å²) in [6.07, 6.45) is 0. The van der Waals surface area contributed by atoms with E-state index in [0.717, 1.165) is 6.66 Å². The van der Waals surface area contributed by atoms with Gasteiger partial charge in [-0.15, -0.1) is 0 Å². The zero-order valence-corrected chi connectivity index (χ0v) is 12.2. The molecule has 0 spiro atoms. The number of hydrogen-bond donors (Lipinski definition) is 2. The average Bonchev–Trinajstić information content (AvgIpc) is 0.722. The van der Waals surface area contributed by atoms with E-state index in [-0.39, 0.29) is 82.6 Å². The summed E-state index contributed by atoms with van der Waals surface area (Å²) in [6, 6.07) is 0. The Balaban J connectivity index is -0.0000000800. The SMILES string of the molecule is CP(=O)(O)O.[Pr].[Pr]. The van der Waals surface area contributed by atoms with E-state index in [1.54, 1.807) is 0 Å². The Hall–Kier alpha value is 2.88. The van der Waals surface area contributed by atoms with Crippen LogP contribution < -0.4 is 0 Å². The Morgan fingerprint density at radius 1 is 1.29 bits per heavy atom. The standard InChI is InChI=1S/CH5O3P.2Pr/c1-5(2,3)4;;/h1H3,(H2,2,3,4);;. The third-order valence-electron chi connectivity index (χ3n) is 0. The van der Waals surface area contributed by atoms with E-state index in [1.807, 2.05) is 0 Å². The minimum absolute atomic E-state index is 0. The predicted molar refractivity (Wildman–Crippen MR) is 18.0 cm³/mol. The maximum absolute atomic E-state index is 9.33. The van der Waals surface area contributed by atoms with Gasteiger partial charge in [0.25, 0.3) is 0 Å². The first-order valence-corrected chi connectivity index (χ1v) is 3.09. The van der Waals surface area contributed by atoms with E-state index in [1.165, 1.54) is 0 Å². The van der Waals surface area contributed by atoms with Gasteiger partial charge in [0, 0.05) is 89.2 Å². The molecule has 0 unspecified atom stereocenters. The number of hydrogen-bond acceptors (Lipinski definition) is 1. The molecule has 0 heterocycles. The Labute approximate surface area is 109 Å². The van der Waals surface area contributed by atoms with Crippen molar-refractivity contribution in [3.63, 3.8) is 0 Å². The van der Waals surface area contributed by atoms with Crippen molar-refractivity contribution in [3.8, 4) is 0 Å². The quantitative estimate of drug-likeness (QED) is 0.575. The monoisotopic (exact) mass is 378 g/mol. The van der Waals surface area contributed by atoms with E-state index in [4.69, 9.17) is 9.79 Å². The van der Waals surface area contributed by atoms with Crippen LogP contribution in [0.2, 0.25) is 0 Å². The molecule has 0 saturated carbocycles. The molecule has 3 nitrogen and oxygen atoms in total. The van der Waals surface area contributed by atoms with Crippen LogP contribution in [-0.2, 0) is 4.57 Å². The van der Waals surface area contributed by atoms with Crippen LogP contribution in [0.1, 0.15) is 0 Å². The molecule has 6 heteroatoms. The van der Waals surface area contributed by atoms with Crippen LogP contribution in [0.4, 0.5) is 0 Å². The van der Waals surface area contributed by atoms with Gasteiger partial charge in [0.05, 0.1) is 0 Å². The summed E-state index contributed by atoms with van der Waals surface area (Å²) in [7, 11) is -3.64. The fraction of sp³-hybridized carbons (Fsp3) is 1.00. The van der Waals surface area contributed by atoms with Crippen LogP contribution >= 0.6 is 7.60 Å². The van der Waals surface area contributed by atoms with Crippen molar-refractivity contribution in [2.75, 3.05) is 6.66 Å². The van der Waals surface area contributed by atoms with E-state index >= 15 is 0 Å². The van der Waals surface area contributed by atoms with Crippen LogP contribution in [-0.4, -0.2) is 16.5 Å². The normalized spacial score (nSPS) is 8.43. The molecule has 0 aliphatic rings. The second-order valence-corrected chi connectivity index (χ2v) is 2.51. The molecule has 2 radical (unpaired) electrons. The largest absolute Gasteiger partial charge is 0.325 e. The van der Waals surface area contributed by atoms with E-state index in [9.17, 15) is 4.57 Å². The van der Waals surface area contributed by atoms with Gasteiger partial charge < -0.3 is 9.79 Å². The van der Waals surface area contributed by atoms with Gasteiger partial charge in [-0.2, -0.15) is 0 Å². The molecule has 0 fully saturated rings. The van der Waals surface area contributed by atoms with Gasteiger partial charge in [-0.3, -0.25) is 4.57 Å². The molecule has 0 saturated heterocycles. The molecule has 0 aromatic rings. The topological polar surface area (TPSA) is 57.5 Å². The minimum atomic E-state index is -3.64. The van der Waals surface area contributed by atoms with Crippen molar-refractivity contribution in [2.45, 2.75) is 0 Å². The molecule has 0 rings (SSSR count). The summed E-state index contributed by atoms with van der Waals surface area (Å²) in [5.41, 5.74) is 0. The first kappa shape index (κ1) is 16.5. The molecule has 38 valence electrons. The van der Waals surface area contributed by atoms with Gasteiger partial charge in [0.2, 0.25) is 0 Å². The maximum atomic E-state index is 9.33. The van der Waals surface area contributed by atoms with Crippen LogP contribution in [0.5, 0.6) is 0 Å². The number of rotatable bonds is 0. The first-order valence-electron chi connectivity index (χ1n) is 1.03. The zero-order chi connectivity index (χ0) is 4.50. The Bertz CT molecular complexity index is 59.1. The van der Waals surface area contributed by atoms with E-state index < -0.39 is 7.60 Å². The third kappa shape index (κ3) is 50.7. The molecular formula is CH5O3PPr2. The van der Waals surface area contributed by atoms with Crippen LogP contribution in [0.3, 0.4) is 0 Å². The van der Waals surface area contributed by atoms with Crippen LogP contribution in [0.15, 0.2) is 0 Å². The zero-order valence-electron chi connectivity index (χ0n) is 3.90. The molecule has 0 atom stereocenters. The molecule has 2 N–H and O–H groups in total. The summed E-state index contributed by atoms with van der Waals surface area (Å²) in [6.45, 7) is 0.854. The third-order valence-corrected chi connectivity index (χ3v) is 0. The van der Waals surface area contributed by atoms with Gasteiger partial charge >= 0.3 is 7.60 Å². The predicted octanol–water partition coefficient (Wildman–Crippen LogP) is -0.206. The van der Waals surface area contributed by atoms with Gasteiger partial charge in [-0.05, 0) is 0 Å². The van der Waals surface area contributed by atoms with Crippen LogP contribution in [0.25, 0.3) is 0 Å². The van der Waals surface area contributed by atoms with Crippen molar-refractivity contribution in [1.29, 1.82) is 0 Å². The van der Waals surface area contributed by atoms with Crippen LogP contribution in [0, 0.1) is 82.6 Å². The van der Waals surface area contributed by atoms with Gasteiger partial charge in [0.1, 0.15) is 0 Å². The summed E-state index contributed by atoms with van der Waals surface area (Å²) in [5, 5.41) is 0. The van der Waals surface area contributed by atoms with Crippen molar-refractivity contribution in [3.05, 3.63) is 0 Å². The fourth-order valence-corrected chi connectivity index (χ4v) is 0. The van der Waals surface area contributed by atoms with Crippen molar-refractivity contribution in [1.82, 2.24) is 0 Å². The Morgan fingerprint density at radius 3 is 1.29 bits per heavy atom. The molecular weight excluding hydrogens is 373 g/mol. The summed E-state index contributed by atoms with van der Waals surface area (Å²) >= 11 is 0. The average molecular weight is 378 g/mol. The summed E-state index contributed by atoms with van der Waals surface area (Å²) in [5.74, 6) is 0. The van der Waals surface area contributed by atoms with Gasteiger partial charge in [-0.1, -0.05) is 0 Å². The second kappa shape index (κ2) is 6.99.